The van der Waals surface area contributed by atoms with Gasteiger partial charge in [-0.05, 0) is 38.5 Å². The highest BCUT2D eigenvalue weighted by molar-refractivity contribution is 5.75. The third-order valence-electron chi connectivity index (χ3n) is 3.62. The fourth-order valence-electron chi connectivity index (χ4n) is 2.48. The molecular weight excluding hydrogens is 232 g/mol. The van der Waals surface area contributed by atoms with E-state index in [1.807, 2.05) is 0 Å². The van der Waals surface area contributed by atoms with Crippen molar-refractivity contribution in [3.63, 3.8) is 0 Å². The lowest BCUT2D eigenvalue weighted by Crippen LogP contribution is -2.46. The zero-order valence-corrected chi connectivity index (χ0v) is 11.2. The molecule has 0 aliphatic heterocycles. The summed E-state index contributed by atoms with van der Waals surface area (Å²) < 4.78 is 0. The van der Waals surface area contributed by atoms with Gasteiger partial charge >= 0.3 is 12.0 Å². The van der Waals surface area contributed by atoms with E-state index in [9.17, 15) is 9.59 Å². The lowest BCUT2D eigenvalue weighted by atomic mass is 9.85. The maximum atomic E-state index is 11.6. The minimum absolute atomic E-state index is 0.0456. The quantitative estimate of drug-likeness (QED) is 0.705. The van der Waals surface area contributed by atoms with Crippen molar-refractivity contribution in [2.24, 2.45) is 5.92 Å². The number of aliphatic carboxylic acids is 1. The molecule has 1 atom stereocenters. The van der Waals surface area contributed by atoms with Crippen molar-refractivity contribution in [3.8, 4) is 0 Å². The van der Waals surface area contributed by atoms with Crippen LogP contribution in [0, 0.1) is 5.92 Å². The van der Waals surface area contributed by atoms with Gasteiger partial charge in [-0.1, -0.05) is 13.3 Å². The highest BCUT2D eigenvalue weighted by Gasteiger charge is 2.21. The third kappa shape index (κ3) is 5.38. The maximum absolute atomic E-state index is 11.6. The first-order valence-electron chi connectivity index (χ1n) is 6.80. The van der Waals surface area contributed by atoms with E-state index >= 15 is 0 Å². The van der Waals surface area contributed by atoms with Gasteiger partial charge in [0.25, 0.3) is 0 Å². The molecule has 1 fully saturated rings. The Bertz CT molecular complexity index is 286. The summed E-state index contributed by atoms with van der Waals surface area (Å²) in [6.07, 6.45) is 5.57. The van der Waals surface area contributed by atoms with E-state index in [0.717, 1.165) is 18.8 Å². The van der Waals surface area contributed by atoms with Gasteiger partial charge in [-0.25, -0.2) is 4.79 Å². The molecule has 1 rings (SSSR count). The second-order valence-electron chi connectivity index (χ2n) is 5.24. The number of nitrogens with one attached hydrogen (secondary N) is 2. The molecule has 0 radical (unpaired) electrons. The van der Waals surface area contributed by atoms with Crippen LogP contribution < -0.4 is 10.6 Å². The molecule has 3 N–H and O–H groups in total. The van der Waals surface area contributed by atoms with Crippen molar-refractivity contribution in [2.75, 3.05) is 0 Å². The molecule has 0 spiro atoms. The van der Waals surface area contributed by atoms with E-state index in [1.54, 1.807) is 6.92 Å². The molecule has 1 aliphatic rings. The topological polar surface area (TPSA) is 78.4 Å². The molecular formula is C13H24N2O3. The van der Waals surface area contributed by atoms with E-state index < -0.39 is 5.97 Å². The zero-order chi connectivity index (χ0) is 13.5. The number of carboxylic acid groups (broad SMARTS) is 1. The third-order valence-corrected chi connectivity index (χ3v) is 3.62. The van der Waals surface area contributed by atoms with Gasteiger partial charge < -0.3 is 15.7 Å². The fourth-order valence-corrected chi connectivity index (χ4v) is 2.48. The van der Waals surface area contributed by atoms with Crippen molar-refractivity contribution in [1.29, 1.82) is 0 Å². The minimum atomic E-state index is -0.897. The van der Waals surface area contributed by atoms with Gasteiger partial charge in [-0.2, -0.15) is 0 Å². The molecule has 5 nitrogen and oxygen atoms in total. The molecule has 5 heteroatoms. The highest BCUT2D eigenvalue weighted by atomic mass is 16.4. The molecule has 0 aromatic heterocycles. The van der Waals surface area contributed by atoms with Crippen molar-refractivity contribution in [2.45, 2.75) is 64.5 Å². The largest absolute Gasteiger partial charge is 0.481 e. The van der Waals surface area contributed by atoms with Crippen molar-refractivity contribution in [1.82, 2.24) is 10.6 Å². The van der Waals surface area contributed by atoms with E-state index in [4.69, 9.17) is 5.11 Å². The Kier molecular flexibility index (Phi) is 5.95. The van der Waals surface area contributed by atoms with Gasteiger partial charge in [0.15, 0.2) is 0 Å². The Morgan fingerprint density at radius 2 is 1.89 bits per heavy atom. The molecule has 0 aromatic carbocycles. The molecule has 2 amide bonds. The molecule has 104 valence electrons. The summed E-state index contributed by atoms with van der Waals surface area (Å²) in [4.78, 5) is 22.1. The van der Waals surface area contributed by atoms with Crippen LogP contribution in [0.15, 0.2) is 0 Å². The zero-order valence-electron chi connectivity index (χ0n) is 11.2. The molecule has 0 bridgehead atoms. The van der Waals surface area contributed by atoms with Crippen LogP contribution in [0.5, 0.6) is 0 Å². The fraction of sp³-hybridized carbons (Fsp3) is 0.846. The standard InChI is InChI=1S/C13H24N2O3/c1-3-10-4-6-11(7-5-10)15-13(18)14-9(2)8-12(16)17/h9-11H,3-8H2,1-2H3,(H,16,17)(H2,14,15,18). The van der Waals surface area contributed by atoms with E-state index in [0.29, 0.717) is 0 Å². The van der Waals surface area contributed by atoms with Gasteiger partial charge in [0.1, 0.15) is 0 Å². The number of carboxylic acids is 1. The van der Waals surface area contributed by atoms with E-state index in [2.05, 4.69) is 17.6 Å². The molecule has 0 saturated heterocycles. The van der Waals surface area contributed by atoms with Crippen LogP contribution in [0.3, 0.4) is 0 Å². The summed E-state index contributed by atoms with van der Waals surface area (Å²) in [5.74, 6) is -0.0942. The van der Waals surface area contributed by atoms with E-state index in [-0.39, 0.29) is 24.5 Å². The first kappa shape index (κ1) is 14.8. The predicted octanol–water partition coefficient (Wildman–Crippen LogP) is 2.12. The van der Waals surface area contributed by atoms with Gasteiger partial charge in [0, 0.05) is 12.1 Å². The molecule has 0 aromatic rings. The smallest absolute Gasteiger partial charge is 0.315 e. The lowest BCUT2D eigenvalue weighted by Gasteiger charge is -2.28. The Hall–Kier alpha value is -1.26. The molecule has 1 aliphatic carbocycles. The van der Waals surface area contributed by atoms with Crippen molar-refractivity contribution >= 4 is 12.0 Å². The van der Waals surface area contributed by atoms with Crippen LogP contribution in [0.4, 0.5) is 4.79 Å². The summed E-state index contributed by atoms with van der Waals surface area (Å²) in [7, 11) is 0. The Balaban J connectivity index is 2.22. The first-order chi connectivity index (χ1) is 8.51. The van der Waals surface area contributed by atoms with Gasteiger partial charge in [-0.15, -0.1) is 0 Å². The SMILES string of the molecule is CCC1CCC(NC(=O)NC(C)CC(=O)O)CC1. The first-order valence-corrected chi connectivity index (χ1v) is 6.80. The minimum Gasteiger partial charge on any atom is -0.481 e. The molecule has 1 unspecified atom stereocenters. The van der Waals surface area contributed by atoms with Crippen molar-refractivity contribution in [3.05, 3.63) is 0 Å². The second kappa shape index (κ2) is 7.24. The molecule has 18 heavy (non-hydrogen) atoms. The number of hydrogen-bond donors (Lipinski definition) is 3. The average Bonchev–Trinajstić information content (AvgIpc) is 2.28. The van der Waals surface area contributed by atoms with Crippen LogP contribution in [0.25, 0.3) is 0 Å². The second-order valence-corrected chi connectivity index (χ2v) is 5.24. The van der Waals surface area contributed by atoms with Crippen LogP contribution in [-0.2, 0) is 4.79 Å². The van der Waals surface area contributed by atoms with Crippen LogP contribution in [0.2, 0.25) is 0 Å². The van der Waals surface area contributed by atoms with Gasteiger partial charge in [-0.3, -0.25) is 4.79 Å². The Labute approximate surface area is 108 Å². The normalized spacial score (nSPS) is 25.2. The van der Waals surface area contributed by atoms with Gasteiger partial charge in [0.05, 0.1) is 6.42 Å². The highest BCUT2D eigenvalue weighted by Crippen LogP contribution is 2.26. The average molecular weight is 256 g/mol. The number of rotatable bonds is 5. The summed E-state index contributed by atoms with van der Waals surface area (Å²) in [5, 5.41) is 14.2. The summed E-state index contributed by atoms with van der Waals surface area (Å²) in [5.41, 5.74) is 0. The van der Waals surface area contributed by atoms with Crippen molar-refractivity contribution < 1.29 is 14.7 Å². The van der Waals surface area contributed by atoms with Crippen LogP contribution in [-0.4, -0.2) is 29.2 Å². The van der Waals surface area contributed by atoms with Gasteiger partial charge in [0.2, 0.25) is 0 Å². The summed E-state index contributed by atoms with van der Waals surface area (Å²) >= 11 is 0. The maximum Gasteiger partial charge on any atom is 0.315 e. The van der Waals surface area contributed by atoms with E-state index in [1.165, 1.54) is 19.3 Å². The number of carbonyl (C=O) groups is 2. The lowest BCUT2D eigenvalue weighted by molar-refractivity contribution is -0.137. The number of hydrogen-bond acceptors (Lipinski definition) is 2. The number of amides is 2. The number of urea groups is 1. The monoisotopic (exact) mass is 256 g/mol. The number of carbonyl (C=O) groups excluding carboxylic acids is 1. The molecule has 1 saturated carbocycles. The van der Waals surface area contributed by atoms with Crippen LogP contribution in [0.1, 0.15) is 52.4 Å². The predicted molar refractivity (Wildman–Crippen MR) is 69.4 cm³/mol. The summed E-state index contributed by atoms with van der Waals surface area (Å²) in [6, 6.07) is -0.344. The van der Waals surface area contributed by atoms with Crippen LogP contribution >= 0.6 is 0 Å². The Morgan fingerprint density at radius 3 is 2.39 bits per heavy atom. The molecule has 0 heterocycles. The summed E-state index contributed by atoms with van der Waals surface area (Å²) in [6.45, 7) is 3.90. The Morgan fingerprint density at radius 1 is 1.28 bits per heavy atom.